The van der Waals surface area contributed by atoms with E-state index in [0.29, 0.717) is 25.0 Å². The van der Waals surface area contributed by atoms with Gasteiger partial charge in [-0.05, 0) is 62.2 Å². The molecule has 4 heteroatoms. The highest BCUT2D eigenvalue weighted by molar-refractivity contribution is 5.75. The number of esters is 2. The standard InChI is InChI=1S/C28H52O4/c1-7-21(3)9-11-23(5)17-19-31-27(29)25-13-15-26(16-14-25)28(30)32-20-18-24(6)12-10-22(4)8-2/h21-26H,7-20H2,1-6H3. The normalized spacial score (nSPS) is 22.6. The molecule has 0 N–H and O–H groups in total. The SMILES string of the molecule is CCC(C)CCC(C)CCOC(=O)C1CCC(C(=O)OCCC(C)CCC(C)CC)CC1. The van der Waals surface area contributed by atoms with E-state index < -0.39 is 0 Å². The summed E-state index contributed by atoms with van der Waals surface area (Å²) in [5.41, 5.74) is 0. The van der Waals surface area contributed by atoms with E-state index in [2.05, 4.69) is 41.5 Å². The topological polar surface area (TPSA) is 52.6 Å². The van der Waals surface area contributed by atoms with Crippen LogP contribution in [0.1, 0.15) is 119 Å². The molecule has 0 aromatic carbocycles. The van der Waals surface area contributed by atoms with Gasteiger partial charge in [0.1, 0.15) is 0 Å². The average Bonchev–Trinajstić information content (AvgIpc) is 2.80. The molecule has 32 heavy (non-hydrogen) atoms. The minimum absolute atomic E-state index is 0.0463. The molecule has 0 saturated heterocycles. The highest BCUT2D eigenvalue weighted by Crippen LogP contribution is 2.31. The molecule has 0 aliphatic heterocycles. The van der Waals surface area contributed by atoms with Crippen molar-refractivity contribution in [1.29, 1.82) is 0 Å². The van der Waals surface area contributed by atoms with Crippen molar-refractivity contribution < 1.29 is 19.1 Å². The van der Waals surface area contributed by atoms with Crippen molar-refractivity contribution >= 4 is 11.9 Å². The lowest BCUT2D eigenvalue weighted by Crippen LogP contribution is -2.28. The second kappa shape index (κ2) is 16.5. The highest BCUT2D eigenvalue weighted by Gasteiger charge is 2.31. The molecule has 4 unspecified atom stereocenters. The van der Waals surface area contributed by atoms with E-state index in [1.165, 1.54) is 38.5 Å². The van der Waals surface area contributed by atoms with Crippen LogP contribution in [0.2, 0.25) is 0 Å². The van der Waals surface area contributed by atoms with Crippen LogP contribution in [0.25, 0.3) is 0 Å². The Kier molecular flexibility index (Phi) is 15.0. The molecule has 1 fully saturated rings. The molecule has 1 rings (SSSR count). The van der Waals surface area contributed by atoms with E-state index in [-0.39, 0.29) is 23.8 Å². The van der Waals surface area contributed by atoms with E-state index >= 15 is 0 Å². The lowest BCUT2D eigenvalue weighted by Gasteiger charge is -2.26. The Balaban J connectivity index is 2.16. The van der Waals surface area contributed by atoms with Gasteiger partial charge < -0.3 is 9.47 Å². The zero-order chi connectivity index (χ0) is 23.9. The maximum atomic E-state index is 12.4. The van der Waals surface area contributed by atoms with Crippen molar-refractivity contribution in [1.82, 2.24) is 0 Å². The van der Waals surface area contributed by atoms with Crippen molar-refractivity contribution in [2.45, 2.75) is 119 Å². The van der Waals surface area contributed by atoms with E-state index in [9.17, 15) is 9.59 Å². The van der Waals surface area contributed by atoms with Crippen LogP contribution in [0.5, 0.6) is 0 Å². The van der Waals surface area contributed by atoms with Crippen LogP contribution in [-0.2, 0) is 19.1 Å². The molecule has 4 atom stereocenters. The Morgan fingerprint density at radius 1 is 0.594 bits per heavy atom. The summed E-state index contributed by atoms with van der Waals surface area (Å²) < 4.78 is 11.1. The van der Waals surface area contributed by atoms with Crippen LogP contribution in [0, 0.1) is 35.5 Å². The maximum Gasteiger partial charge on any atom is 0.308 e. The minimum atomic E-state index is -0.0684. The summed E-state index contributed by atoms with van der Waals surface area (Å²) in [4.78, 5) is 24.8. The smallest absolute Gasteiger partial charge is 0.308 e. The minimum Gasteiger partial charge on any atom is -0.465 e. The molecule has 1 saturated carbocycles. The number of ether oxygens (including phenoxy) is 2. The van der Waals surface area contributed by atoms with Gasteiger partial charge in [-0.3, -0.25) is 9.59 Å². The van der Waals surface area contributed by atoms with Crippen LogP contribution >= 0.6 is 0 Å². The first kappa shape index (κ1) is 29.0. The summed E-state index contributed by atoms with van der Waals surface area (Å²) in [7, 11) is 0. The molecular formula is C28H52O4. The maximum absolute atomic E-state index is 12.4. The van der Waals surface area contributed by atoms with Crippen LogP contribution in [0.15, 0.2) is 0 Å². The number of rotatable bonds is 16. The zero-order valence-corrected chi connectivity index (χ0v) is 22.0. The van der Waals surface area contributed by atoms with Gasteiger partial charge in [-0.15, -0.1) is 0 Å². The van der Waals surface area contributed by atoms with Gasteiger partial charge in [-0.25, -0.2) is 0 Å². The number of hydrogen-bond donors (Lipinski definition) is 0. The summed E-state index contributed by atoms with van der Waals surface area (Å²) in [6.45, 7) is 14.6. The van der Waals surface area contributed by atoms with Crippen LogP contribution < -0.4 is 0 Å². The van der Waals surface area contributed by atoms with Gasteiger partial charge >= 0.3 is 11.9 Å². The summed E-state index contributed by atoms with van der Waals surface area (Å²) in [6.07, 6.45) is 12.2. The van der Waals surface area contributed by atoms with Crippen molar-refractivity contribution in [3.05, 3.63) is 0 Å². The van der Waals surface area contributed by atoms with Gasteiger partial charge in [0.05, 0.1) is 25.0 Å². The van der Waals surface area contributed by atoms with E-state index in [0.717, 1.165) is 50.4 Å². The van der Waals surface area contributed by atoms with Crippen LogP contribution in [-0.4, -0.2) is 25.2 Å². The van der Waals surface area contributed by atoms with Gasteiger partial charge in [0.25, 0.3) is 0 Å². The van der Waals surface area contributed by atoms with E-state index in [1.54, 1.807) is 0 Å². The molecule has 0 bridgehead atoms. The number of carbonyl (C=O) groups is 2. The lowest BCUT2D eigenvalue weighted by molar-refractivity contribution is -0.155. The molecule has 0 heterocycles. The van der Waals surface area contributed by atoms with Crippen molar-refractivity contribution in [3.63, 3.8) is 0 Å². The van der Waals surface area contributed by atoms with Gasteiger partial charge in [-0.1, -0.05) is 80.1 Å². The summed E-state index contributed by atoms with van der Waals surface area (Å²) in [6, 6.07) is 0. The number of hydrogen-bond acceptors (Lipinski definition) is 4. The lowest BCUT2D eigenvalue weighted by atomic mass is 9.82. The van der Waals surface area contributed by atoms with Crippen molar-refractivity contribution in [2.24, 2.45) is 35.5 Å². The van der Waals surface area contributed by atoms with Crippen molar-refractivity contribution in [3.8, 4) is 0 Å². The molecule has 0 aromatic heterocycles. The first-order valence-electron chi connectivity index (χ1n) is 13.6. The van der Waals surface area contributed by atoms with Crippen molar-refractivity contribution in [2.75, 3.05) is 13.2 Å². The Labute approximate surface area is 198 Å². The second-order valence-corrected chi connectivity index (χ2v) is 10.9. The first-order chi connectivity index (χ1) is 15.3. The average molecular weight is 453 g/mol. The molecule has 1 aliphatic rings. The van der Waals surface area contributed by atoms with E-state index in [1.807, 2.05) is 0 Å². The predicted octanol–water partition coefficient (Wildman–Crippen LogP) is 7.58. The monoisotopic (exact) mass is 452 g/mol. The number of carbonyl (C=O) groups excluding carboxylic acids is 2. The molecular weight excluding hydrogens is 400 g/mol. The molecule has 1 aliphatic carbocycles. The third kappa shape index (κ3) is 12.3. The Bertz CT molecular complexity index is 464. The van der Waals surface area contributed by atoms with Gasteiger partial charge in [0, 0.05) is 0 Å². The van der Waals surface area contributed by atoms with Gasteiger partial charge in [-0.2, -0.15) is 0 Å². The fourth-order valence-electron chi connectivity index (χ4n) is 4.36. The predicted molar refractivity (Wildman–Crippen MR) is 132 cm³/mol. The summed E-state index contributed by atoms with van der Waals surface area (Å²) >= 11 is 0. The van der Waals surface area contributed by atoms with Gasteiger partial charge in [0.2, 0.25) is 0 Å². The Morgan fingerprint density at radius 2 is 0.906 bits per heavy atom. The van der Waals surface area contributed by atoms with Gasteiger partial charge in [0.15, 0.2) is 0 Å². The molecule has 4 nitrogen and oxygen atoms in total. The largest absolute Gasteiger partial charge is 0.465 e. The summed E-state index contributed by atoms with van der Waals surface area (Å²) in [5, 5.41) is 0. The molecule has 0 amide bonds. The zero-order valence-electron chi connectivity index (χ0n) is 22.0. The second-order valence-electron chi connectivity index (χ2n) is 10.9. The molecule has 0 aromatic rings. The molecule has 0 radical (unpaired) electrons. The van der Waals surface area contributed by atoms with E-state index in [4.69, 9.17) is 9.47 Å². The fourth-order valence-corrected chi connectivity index (χ4v) is 4.36. The first-order valence-corrected chi connectivity index (χ1v) is 13.6. The third-order valence-electron chi connectivity index (χ3n) is 7.80. The van der Waals surface area contributed by atoms with Crippen LogP contribution in [0.3, 0.4) is 0 Å². The quantitative estimate of drug-likeness (QED) is 0.226. The molecule has 188 valence electrons. The Hall–Kier alpha value is -1.06. The third-order valence-corrected chi connectivity index (χ3v) is 7.80. The summed E-state index contributed by atoms with van der Waals surface area (Å²) in [5.74, 6) is 2.52. The molecule has 0 spiro atoms. The Morgan fingerprint density at radius 3 is 1.22 bits per heavy atom. The van der Waals surface area contributed by atoms with Crippen LogP contribution in [0.4, 0.5) is 0 Å². The fraction of sp³-hybridized carbons (Fsp3) is 0.929. The highest BCUT2D eigenvalue weighted by atomic mass is 16.5.